The Morgan fingerprint density at radius 3 is 2.34 bits per heavy atom. The number of likely N-dealkylation sites (tertiary alicyclic amines) is 2. The van der Waals surface area contributed by atoms with Gasteiger partial charge in [-0.15, -0.1) is 11.3 Å². The van der Waals surface area contributed by atoms with E-state index in [-0.39, 0.29) is 78.8 Å². The maximum absolute atomic E-state index is 14.7. The van der Waals surface area contributed by atoms with Gasteiger partial charge in [0.1, 0.15) is 18.1 Å². The average Bonchev–Trinajstić information content (AvgIpc) is 4.06. The van der Waals surface area contributed by atoms with E-state index in [2.05, 4.69) is 31.9 Å². The van der Waals surface area contributed by atoms with Crippen molar-refractivity contribution in [3.05, 3.63) is 92.8 Å². The summed E-state index contributed by atoms with van der Waals surface area (Å²) in [6.45, 7) is 6.65. The molecule has 1 unspecified atom stereocenters. The fourth-order valence-electron chi connectivity index (χ4n) is 9.56. The molecule has 4 aliphatic rings. The topological polar surface area (TPSA) is 226 Å². The molecule has 3 saturated heterocycles. The number of alkyl halides is 2. The highest BCUT2D eigenvalue weighted by Crippen LogP contribution is 2.59. The molecular formula is C48H53BrF2N7O10PS. The Hall–Kier alpha value is -5.60. The van der Waals surface area contributed by atoms with E-state index in [4.69, 9.17) is 0 Å². The van der Waals surface area contributed by atoms with E-state index in [1.54, 1.807) is 62.1 Å². The first-order valence-electron chi connectivity index (χ1n) is 23.0. The smallest absolute Gasteiger partial charge is 0.382 e. The number of amides is 7. The fraction of sp³-hybridized carbons (Fsp3) is 0.438. The molecule has 17 nitrogen and oxygen atoms in total. The van der Waals surface area contributed by atoms with Gasteiger partial charge < -0.3 is 40.0 Å². The van der Waals surface area contributed by atoms with Crippen molar-refractivity contribution in [2.45, 2.75) is 102 Å². The predicted octanol–water partition coefficient (Wildman–Crippen LogP) is 6.31. The third-order valence-electron chi connectivity index (χ3n) is 13.4. The van der Waals surface area contributed by atoms with Crippen LogP contribution in [0.5, 0.6) is 0 Å². The number of benzene rings is 3. The highest BCUT2D eigenvalue weighted by atomic mass is 79.9. The molecule has 8 rings (SSSR count). The number of anilines is 2. The van der Waals surface area contributed by atoms with Crippen molar-refractivity contribution in [3.8, 4) is 0 Å². The molecule has 372 valence electrons. The minimum atomic E-state index is -5.83. The summed E-state index contributed by atoms with van der Waals surface area (Å²) < 4.78 is 41.7. The van der Waals surface area contributed by atoms with E-state index in [1.807, 2.05) is 6.07 Å². The lowest BCUT2D eigenvalue weighted by molar-refractivity contribution is -0.141. The standard InChI is InChI=1S/C48H53BrF2N7O10PS/c1-47(2,3)41(54-43(62)38-25-27-24-28(9-15-37(27)70-38)48(50,51)69(66,67)68)46(65)57-20-5-8-36(57)45(64)56(31-12-10-29(49)11-13-31)23-19-40(60)55-21-17-30(18-22-55)52-34-7-4-6-32-33(34)26-58(44(32)63)35-14-16-39(59)53-42(35)61/h4,6-7,9-13,15,24-25,30,35-36,41,52H,5,8,14,16-23,26H2,1-3H3,(H,54,62)(H,53,59,61)(H2,66,67,68)/t35?,36-,41+/m0/s1. The Morgan fingerprint density at radius 2 is 1.67 bits per heavy atom. The van der Waals surface area contributed by atoms with Crippen molar-refractivity contribution in [1.82, 2.24) is 25.3 Å². The van der Waals surface area contributed by atoms with Crippen molar-refractivity contribution >= 4 is 97.7 Å². The van der Waals surface area contributed by atoms with E-state index in [9.17, 15) is 56.7 Å². The summed E-state index contributed by atoms with van der Waals surface area (Å²) in [6, 6.07) is 14.1. The van der Waals surface area contributed by atoms with Crippen LogP contribution in [-0.4, -0.2) is 116 Å². The van der Waals surface area contributed by atoms with E-state index in [1.165, 1.54) is 26.8 Å². The van der Waals surface area contributed by atoms with Crippen molar-refractivity contribution in [2.75, 3.05) is 36.4 Å². The second-order valence-electron chi connectivity index (χ2n) is 19.2. The number of hydrogen-bond acceptors (Lipinski definition) is 10. The number of imide groups is 1. The van der Waals surface area contributed by atoms with Crippen LogP contribution in [0.4, 0.5) is 20.2 Å². The van der Waals surface area contributed by atoms with Crippen LogP contribution >= 0.6 is 34.9 Å². The highest BCUT2D eigenvalue weighted by Gasteiger charge is 2.50. The minimum Gasteiger partial charge on any atom is -0.382 e. The van der Waals surface area contributed by atoms with Crippen molar-refractivity contribution < 1.29 is 56.7 Å². The molecule has 0 bridgehead atoms. The second-order valence-corrected chi connectivity index (χ2v) is 22.8. The van der Waals surface area contributed by atoms with Crippen LogP contribution < -0.4 is 20.9 Å². The lowest BCUT2D eigenvalue weighted by atomic mass is 9.85. The number of thiophene rings is 1. The van der Waals surface area contributed by atoms with Gasteiger partial charge >= 0.3 is 13.3 Å². The van der Waals surface area contributed by atoms with Gasteiger partial charge in [-0.25, -0.2) is 0 Å². The van der Waals surface area contributed by atoms with Crippen LogP contribution in [-0.2, 0) is 40.7 Å². The molecule has 5 N–H and O–H groups in total. The van der Waals surface area contributed by atoms with Gasteiger partial charge in [-0.2, -0.15) is 8.78 Å². The lowest BCUT2D eigenvalue weighted by Gasteiger charge is -2.37. The van der Waals surface area contributed by atoms with Gasteiger partial charge in [-0.05, 0) is 97.5 Å². The molecule has 3 fully saturated rings. The first-order chi connectivity index (χ1) is 33.0. The second kappa shape index (κ2) is 19.9. The predicted molar refractivity (Wildman–Crippen MR) is 260 cm³/mol. The zero-order valence-corrected chi connectivity index (χ0v) is 41.9. The third-order valence-corrected chi connectivity index (χ3v) is 16.0. The van der Waals surface area contributed by atoms with Crippen LogP contribution in [0, 0.1) is 5.41 Å². The molecule has 3 aromatic carbocycles. The molecule has 1 aromatic heterocycles. The molecule has 4 aromatic rings. The maximum atomic E-state index is 14.7. The minimum absolute atomic E-state index is 0.000661. The Balaban J connectivity index is 0.910. The third kappa shape index (κ3) is 10.4. The largest absolute Gasteiger partial charge is 0.399 e. The number of piperidine rings is 2. The number of carbonyl (C=O) groups is 7. The van der Waals surface area contributed by atoms with Crippen molar-refractivity contribution in [3.63, 3.8) is 0 Å². The SMILES string of the molecule is CC(C)(C)[C@H](NC(=O)c1cc2cc(C(F)(F)P(=O)(O)O)ccc2s1)C(=O)N1CCC[C@H]1C(=O)N(CCC(=O)N1CCC(Nc2cccc3c2CN(C2CCC(=O)NC2=O)C3=O)CC1)c1ccc(Br)cc1. The summed E-state index contributed by atoms with van der Waals surface area (Å²) in [5, 5.41) is 8.86. The molecule has 0 radical (unpaired) electrons. The quantitative estimate of drug-likeness (QED) is 0.0737. The number of rotatable bonds is 13. The number of carbonyl (C=O) groups excluding carboxylic acids is 7. The first kappa shape index (κ1) is 50.8. The molecule has 7 amide bonds. The summed E-state index contributed by atoms with van der Waals surface area (Å²) in [5.41, 5.74) is -3.63. The van der Waals surface area contributed by atoms with Gasteiger partial charge in [0.05, 0.1) is 4.88 Å². The summed E-state index contributed by atoms with van der Waals surface area (Å²) in [4.78, 5) is 119. The van der Waals surface area contributed by atoms with Crippen LogP contribution in [0.25, 0.3) is 10.1 Å². The zero-order valence-electron chi connectivity index (χ0n) is 38.6. The van der Waals surface area contributed by atoms with Crippen LogP contribution in [0.3, 0.4) is 0 Å². The normalized spacial score (nSPS) is 19.5. The first-order valence-corrected chi connectivity index (χ1v) is 26.2. The Bertz CT molecular complexity index is 2810. The number of fused-ring (bicyclic) bond motifs is 2. The van der Waals surface area contributed by atoms with Gasteiger partial charge in [-0.3, -0.25) is 43.4 Å². The summed E-state index contributed by atoms with van der Waals surface area (Å²) in [7, 11) is -5.83. The Labute approximate surface area is 414 Å². The number of nitrogens with zero attached hydrogens (tertiary/aromatic N) is 4. The molecule has 0 saturated carbocycles. The molecule has 4 aliphatic heterocycles. The van der Waals surface area contributed by atoms with Crippen LogP contribution in [0.2, 0.25) is 0 Å². The fourth-order valence-corrected chi connectivity index (χ4v) is 11.2. The number of hydrogen-bond donors (Lipinski definition) is 5. The van der Waals surface area contributed by atoms with E-state index < -0.39 is 60.1 Å². The number of nitrogens with one attached hydrogen (secondary N) is 3. The van der Waals surface area contributed by atoms with Gasteiger partial charge in [0, 0.05) is 88.8 Å². The number of halogens is 3. The van der Waals surface area contributed by atoms with Crippen molar-refractivity contribution in [2.24, 2.45) is 5.41 Å². The van der Waals surface area contributed by atoms with Crippen LogP contribution in [0.1, 0.15) is 96.9 Å². The molecule has 5 heterocycles. The van der Waals surface area contributed by atoms with Crippen LogP contribution in [0.15, 0.2) is 71.2 Å². The highest BCUT2D eigenvalue weighted by molar-refractivity contribution is 9.10. The molecule has 3 atom stereocenters. The maximum Gasteiger partial charge on any atom is 0.399 e. The average molecular weight is 1070 g/mol. The van der Waals surface area contributed by atoms with Gasteiger partial charge in [0.15, 0.2) is 0 Å². The molecular weight excluding hydrogens is 1020 g/mol. The molecule has 70 heavy (non-hydrogen) atoms. The van der Waals surface area contributed by atoms with E-state index >= 15 is 0 Å². The molecule has 0 spiro atoms. The van der Waals surface area contributed by atoms with E-state index in [0.29, 0.717) is 54.7 Å². The van der Waals surface area contributed by atoms with Gasteiger partial charge in [0.25, 0.3) is 11.8 Å². The Morgan fingerprint density at radius 1 is 0.957 bits per heavy atom. The summed E-state index contributed by atoms with van der Waals surface area (Å²) >= 11 is 4.41. The van der Waals surface area contributed by atoms with E-state index in [0.717, 1.165) is 39.2 Å². The lowest BCUT2D eigenvalue weighted by Crippen LogP contribution is -2.58. The molecule has 22 heteroatoms. The van der Waals surface area contributed by atoms with Gasteiger partial charge in [-0.1, -0.05) is 48.8 Å². The molecule has 0 aliphatic carbocycles. The van der Waals surface area contributed by atoms with Gasteiger partial charge in [0.2, 0.25) is 29.5 Å². The zero-order chi connectivity index (χ0) is 50.4. The Kier molecular flexibility index (Phi) is 14.4. The summed E-state index contributed by atoms with van der Waals surface area (Å²) in [5.74, 6) is -2.80. The van der Waals surface area contributed by atoms with Crippen molar-refractivity contribution in [1.29, 1.82) is 0 Å². The monoisotopic (exact) mass is 1070 g/mol. The summed E-state index contributed by atoms with van der Waals surface area (Å²) in [6.07, 6.45) is 2.49.